The zero-order valence-corrected chi connectivity index (χ0v) is 22.6. The number of rotatable bonds is 9. The normalized spacial score (nSPS) is 11.2. The van der Waals surface area contributed by atoms with Gasteiger partial charge in [-0.25, -0.2) is 10.1 Å². The molecule has 196 valence electrons. The van der Waals surface area contributed by atoms with Crippen LogP contribution in [-0.4, -0.2) is 49.5 Å². The molecule has 0 aliphatic carbocycles. The highest BCUT2D eigenvalue weighted by atomic mass is 32.2. The largest absolute Gasteiger partial charge is 0.497 e. The second-order valence-corrected chi connectivity index (χ2v) is 9.56. The molecule has 0 aliphatic heterocycles. The molecule has 0 radical (unpaired) electrons. The highest BCUT2D eigenvalue weighted by Crippen LogP contribution is 2.29. The van der Waals surface area contributed by atoms with E-state index in [0.29, 0.717) is 11.0 Å². The number of methoxy groups -OCH3 is 1. The fourth-order valence-electron chi connectivity index (χ4n) is 4.09. The van der Waals surface area contributed by atoms with Gasteiger partial charge in [0.2, 0.25) is 0 Å². The van der Waals surface area contributed by atoms with E-state index >= 15 is 0 Å². The molecule has 1 N–H and O–H groups in total. The number of nitrogens with zero attached hydrogens (tertiary/aromatic N) is 6. The number of carbonyl (C=O) groups excluding carboxylic acids is 1. The van der Waals surface area contributed by atoms with Crippen molar-refractivity contribution in [3.8, 4) is 28.5 Å². The van der Waals surface area contributed by atoms with Gasteiger partial charge in [0.15, 0.2) is 11.0 Å². The van der Waals surface area contributed by atoms with Crippen molar-refractivity contribution in [2.24, 2.45) is 5.10 Å². The van der Waals surface area contributed by atoms with Crippen LogP contribution in [0.25, 0.3) is 22.8 Å². The van der Waals surface area contributed by atoms with Crippen LogP contribution in [0.15, 0.2) is 95.2 Å². The molecule has 2 aromatic heterocycles. The first-order valence-corrected chi connectivity index (χ1v) is 13.3. The van der Waals surface area contributed by atoms with Gasteiger partial charge in [0, 0.05) is 16.8 Å². The Morgan fingerprint density at radius 2 is 1.62 bits per heavy atom. The molecule has 10 heteroatoms. The first-order chi connectivity index (χ1) is 19.0. The van der Waals surface area contributed by atoms with Gasteiger partial charge in [-0.1, -0.05) is 48.2 Å². The monoisotopic (exact) mass is 537 g/mol. The van der Waals surface area contributed by atoms with E-state index in [4.69, 9.17) is 4.74 Å². The predicted octanol–water partition coefficient (Wildman–Crippen LogP) is 4.99. The summed E-state index contributed by atoms with van der Waals surface area (Å²) < 4.78 is 9.08. The van der Waals surface area contributed by atoms with E-state index in [9.17, 15) is 4.79 Å². The molecule has 1 amide bonds. The Morgan fingerprint density at radius 3 is 2.28 bits per heavy atom. The number of aromatic nitrogens is 5. The molecular weight excluding hydrogens is 510 g/mol. The fourth-order valence-corrected chi connectivity index (χ4v) is 4.84. The Bertz CT molecular complexity index is 1590. The summed E-state index contributed by atoms with van der Waals surface area (Å²) in [5.41, 5.74) is 7.99. The van der Waals surface area contributed by atoms with Gasteiger partial charge in [-0.2, -0.15) is 10.2 Å². The number of amides is 1. The van der Waals surface area contributed by atoms with Gasteiger partial charge in [0.05, 0.1) is 36.2 Å². The van der Waals surface area contributed by atoms with E-state index in [1.165, 1.54) is 11.8 Å². The molecule has 0 saturated heterocycles. The van der Waals surface area contributed by atoms with E-state index in [-0.39, 0.29) is 11.7 Å². The molecule has 9 nitrogen and oxygen atoms in total. The minimum Gasteiger partial charge on any atom is -0.497 e. The lowest BCUT2D eigenvalue weighted by atomic mass is 10.2. The number of nitrogens with one attached hydrogen (secondary N) is 1. The predicted molar refractivity (Wildman–Crippen MR) is 153 cm³/mol. The van der Waals surface area contributed by atoms with Gasteiger partial charge in [0.1, 0.15) is 5.75 Å². The Hall–Kier alpha value is -4.70. The minimum atomic E-state index is -0.254. The zero-order chi connectivity index (χ0) is 27.2. The Kier molecular flexibility index (Phi) is 7.83. The molecular formula is C29H27N7O2S. The number of hydrogen-bond donors (Lipinski definition) is 1. The Labute approximate surface area is 230 Å². The summed E-state index contributed by atoms with van der Waals surface area (Å²) in [4.78, 5) is 12.7. The third kappa shape index (κ3) is 5.75. The van der Waals surface area contributed by atoms with Crippen molar-refractivity contribution >= 4 is 23.9 Å². The average molecular weight is 538 g/mol. The van der Waals surface area contributed by atoms with Crippen LogP contribution >= 0.6 is 11.8 Å². The number of ether oxygens (including phenoxy) is 1. The number of carbonyl (C=O) groups is 1. The van der Waals surface area contributed by atoms with Crippen LogP contribution in [0.1, 0.15) is 17.0 Å². The molecule has 3 aromatic carbocycles. The summed E-state index contributed by atoms with van der Waals surface area (Å²) in [6.07, 6.45) is 1.63. The van der Waals surface area contributed by atoms with E-state index in [2.05, 4.69) is 25.8 Å². The minimum absolute atomic E-state index is 0.117. The molecule has 0 saturated carbocycles. The second kappa shape index (κ2) is 11.8. The summed E-state index contributed by atoms with van der Waals surface area (Å²) >= 11 is 1.29. The topological polar surface area (TPSA) is 99.2 Å². The second-order valence-electron chi connectivity index (χ2n) is 8.62. The number of thioether (sulfide) groups is 1. The number of hydrazone groups is 1. The first-order valence-electron chi connectivity index (χ1n) is 12.3. The van der Waals surface area contributed by atoms with Crippen molar-refractivity contribution in [2.75, 3.05) is 12.9 Å². The van der Waals surface area contributed by atoms with E-state index in [1.807, 2.05) is 108 Å². The van der Waals surface area contributed by atoms with Crippen molar-refractivity contribution in [3.63, 3.8) is 0 Å². The number of benzene rings is 3. The van der Waals surface area contributed by atoms with Gasteiger partial charge in [-0.15, -0.1) is 10.2 Å². The lowest BCUT2D eigenvalue weighted by molar-refractivity contribution is -0.118. The lowest BCUT2D eigenvalue weighted by Gasteiger charge is -2.10. The van der Waals surface area contributed by atoms with Crippen LogP contribution in [-0.2, 0) is 4.79 Å². The van der Waals surface area contributed by atoms with Gasteiger partial charge < -0.3 is 4.74 Å². The highest BCUT2D eigenvalue weighted by Gasteiger charge is 2.17. The molecule has 2 heterocycles. The van der Waals surface area contributed by atoms with Crippen LogP contribution in [0, 0.1) is 13.8 Å². The van der Waals surface area contributed by atoms with Crippen LogP contribution in [0.5, 0.6) is 5.75 Å². The summed E-state index contributed by atoms with van der Waals surface area (Å²) in [7, 11) is 1.63. The molecule has 0 aliphatic rings. The quantitative estimate of drug-likeness (QED) is 0.162. The maximum Gasteiger partial charge on any atom is 0.250 e. The summed E-state index contributed by atoms with van der Waals surface area (Å²) in [6.45, 7) is 3.89. The van der Waals surface area contributed by atoms with Crippen molar-refractivity contribution in [1.82, 2.24) is 30.0 Å². The SMILES string of the molecule is COc1ccc(-c2nnc(SCC(=O)NN=Cc3c(C)nn(-c4ccccc4)c3C)n2-c2ccccc2)cc1. The molecule has 0 fully saturated rings. The number of para-hydroxylation sites is 2. The lowest BCUT2D eigenvalue weighted by Crippen LogP contribution is -2.20. The van der Waals surface area contributed by atoms with Crippen LogP contribution < -0.4 is 10.2 Å². The Balaban J connectivity index is 1.29. The third-order valence-corrected chi connectivity index (χ3v) is 6.99. The maximum atomic E-state index is 12.7. The maximum absolute atomic E-state index is 12.7. The molecule has 0 spiro atoms. The molecule has 0 unspecified atom stereocenters. The first kappa shape index (κ1) is 25.9. The Morgan fingerprint density at radius 1 is 0.949 bits per heavy atom. The molecule has 39 heavy (non-hydrogen) atoms. The summed E-state index contributed by atoms with van der Waals surface area (Å²) in [5.74, 6) is 1.29. The standard InChI is InChI=1S/C29H27N7O2S/c1-20-26(21(2)36(34-20)24-12-8-5-9-13-24)18-30-31-27(37)19-39-29-33-32-28(22-14-16-25(38-3)17-15-22)35(29)23-10-6-4-7-11-23/h4-18H,19H2,1-3H3,(H,31,37). The van der Waals surface area contributed by atoms with E-state index in [0.717, 1.165) is 39.6 Å². The summed E-state index contributed by atoms with van der Waals surface area (Å²) in [6, 6.07) is 27.3. The smallest absolute Gasteiger partial charge is 0.250 e. The van der Waals surface area contributed by atoms with Crippen LogP contribution in [0.4, 0.5) is 0 Å². The number of hydrogen-bond acceptors (Lipinski definition) is 7. The zero-order valence-electron chi connectivity index (χ0n) is 21.8. The molecule has 0 atom stereocenters. The highest BCUT2D eigenvalue weighted by molar-refractivity contribution is 7.99. The molecule has 0 bridgehead atoms. The summed E-state index contributed by atoms with van der Waals surface area (Å²) in [5, 5.41) is 18.2. The average Bonchev–Trinajstić information content (AvgIpc) is 3.53. The molecule has 5 rings (SSSR count). The fraction of sp³-hybridized carbons (Fsp3) is 0.138. The van der Waals surface area contributed by atoms with Gasteiger partial charge in [0.25, 0.3) is 5.91 Å². The van der Waals surface area contributed by atoms with Crippen molar-refractivity contribution in [2.45, 2.75) is 19.0 Å². The van der Waals surface area contributed by atoms with Crippen LogP contribution in [0.3, 0.4) is 0 Å². The van der Waals surface area contributed by atoms with Gasteiger partial charge in [-0.05, 0) is 62.4 Å². The van der Waals surface area contributed by atoms with Crippen molar-refractivity contribution in [3.05, 3.63) is 102 Å². The van der Waals surface area contributed by atoms with Crippen LogP contribution in [0.2, 0.25) is 0 Å². The van der Waals surface area contributed by atoms with Gasteiger partial charge in [-0.3, -0.25) is 9.36 Å². The van der Waals surface area contributed by atoms with E-state index in [1.54, 1.807) is 13.3 Å². The van der Waals surface area contributed by atoms with Crippen molar-refractivity contribution in [1.29, 1.82) is 0 Å². The number of aryl methyl sites for hydroxylation is 1. The third-order valence-electron chi connectivity index (χ3n) is 6.06. The van der Waals surface area contributed by atoms with Crippen molar-refractivity contribution < 1.29 is 9.53 Å². The van der Waals surface area contributed by atoms with Gasteiger partial charge >= 0.3 is 0 Å². The van der Waals surface area contributed by atoms with E-state index < -0.39 is 0 Å². The molecule has 5 aromatic rings.